The molecule has 8 nitrogen and oxygen atoms in total. The molecule has 0 spiro atoms. The number of esters is 1. The molecule has 0 bridgehead atoms. The van der Waals surface area contributed by atoms with Crippen LogP contribution in [0.5, 0.6) is 0 Å². The van der Waals surface area contributed by atoms with Gasteiger partial charge in [0.05, 0.1) is 20.3 Å². The maximum absolute atomic E-state index is 12.4. The van der Waals surface area contributed by atoms with Gasteiger partial charge in [-0.25, -0.2) is 14.4 Å². The van der Waals surface area contributed by atoms with Crippen molar-refractivity contribution in [3.8, 4) is 0 Å². The van der Waals surface area contributed by atoms with E-state index in [1.165, 1.54) is 16.9 Å². The number of amides is 2. The molecule has 2 aliphatic rings. The van der Waals surface area contributed by atoms with Gasteiger partial charge in [0.1, 0.15) is 6.04 Å². The predicted octanol–water partition coefficient (Wildman–Crippen LogP) is -0.471. The van der Waals surface area contributed by atoms with Gasteiger partial charge < -0.3 is 24.4 Å². The molecular weight excluding hydrogens is 268 g/mol. The molecule has 2 saturated heterocycles. The number of likely N-dealkylation sites (tertiary alicyclic amines) is 1. The molecule has 20 heavy (non-hydrogen) atoms. The number of hydrogen-bond donors (Lipinski definition) is 1. The van der Waals surface area contributed by atoms with E-state index in [4.69, 9.17) is 14.6 Å². The molecule has 0 aromatic heterocycles. The third kappa shape index (κ3) is 2.84. The maximum atomic E-state index is 12.4. The Morgan fingerprint density at radius 1 is 1.30 bits per heavy atom. The molecule has 2 amide bonds. The Morgan fingerprint density at radius 2 is 2.05 bits per heavy atom. The lowest BCUT2D eigenvalue weighted by molar-refractivity contribution is -0.155. The molecule has 2 unspecified atom stereocenters. The SMILES string of the molecule is COC(=O)C1CCCN1C(=O)N1CCOC(C(=O)O)C1. The molecule has 0 aromatic carbocycles. The topological polar surface area (TPSA) is 96.4 Å². The summed E-state index contributed by atoms with van der Waals surface area (Å²) in [5, 5.41) is 8.93. The summed E-state index contributed by atoms with van der Waals surface area (Å²) in [6.45, 7) is 0.985. The third-order valence-electron chi connectivity index (χ3n) is 3.58. The highest BCUT2D eigenvalue weighted by Gasteiger charge is 2.39. The predicted molar refractivity (Wildman–Crippen MR) is 66.1 cm³/mol. The van der Waals surface area contributed by atoms with Crippen molar-refractivity contribution in [1.82, 2.24) is 9.80 Å². The number of nitrogens with zero attached hydrogens (tertiary/aromatic N) is 2. The minimum Gasteiger partial charge on any atom is -0.479 e. The van der Waals surface area contributed by atoms with Gasteiger partial charge >= 0.3 is 18.0 Å². The first kappa shape index (κ1) is 14.6. The number of carboxylic acids is 1. The molecule has 0 aromatic rings. The summed E-state index contributed by atoms with van der Waals surface area (Å²) in [4.78, 5) is 37.8. The Balaban J connectivity index is 2.02. The van der Waals surface area contributed by atoms with E-state index >= 15 is 0 Å². The van der Waals surface area contributed by atoms with Gasteiger partial charge in [-0.15, -0.1) is 0 Å². The van der Waals surface area contributed by atoms with Crippen molar-refractivity contribution in [1.29, 1.82) is 0 Å². The highest BCUT2D eigenvalue weighted by atomic mass is 16.5. The summed E-state index contributed by atoms with van der Waals surface area (Å²) in [7, 11) is 1.29. The van der Waals surface area contributed by atoms with Crippen molar-refractivity contribution >= 4 is 18.0 Å². The van der Waals surface area contributed by atoms with Crippen LogP contribution in [0.15, 0.2) is 0 Å². The first-order valence-corrected chi connectivity index (χ1v) is 6.52. The second-order valence-electron chi connectivity index (χ2n) is 4.80. The van der Waals surface area contributed by atoms with Gasteiger partial charge in [0.25, 0.3) is 0 Å². The zero-order valence-electron chi connectivity index (χ0n) is 11.3. The highest BCUT2D eigenvalue weighted by Crippen LogP contribution is 2.21. The van der Waals surface area contributed by atoms with Crippen LogP contribution < -0.4 is 0 Å². The summed E-state index contributed by atoms with van der Waals surface area (Å²) in [5.74, 6) is -1.52. The lowest BCUT2D eigenvalue weighted by Crippen LogP contribution is -2.54. The van der Waals surface area contributed by atoms with Crippen molar-refractivity contribution < 1.29 is 29.0 Å². The van der Waals surface area contributed by atoms with Crippen LogP contribution in [0.1, 0.15) is 12.8 Å². The highest BCUT2D eigenvalue weighted by molar-refractivity contribution is 5.85. The fraction of sp³-hybridized carbons (Fsp3) is 0.750. The van der Waals surface area contributed by atoms with Crippen LogP contribution in [0.3, 0.4) is 0 Å². The second-order valence-corrected chi connectivity index (χ2v) is 4.80. The Hall–Kier alpha value is -1.83. The van der Waals surface area contributed by atoms with Crippen molar-refractivity contribution in [2.24, 2.45) is 0 Å². The second kappa shape index (κ2) is 6.08. The number of urea groups is 1. The number of morpholine rings is 1. The normalized spacial score (nSPS) is 26.4. The van der Waals surface area contributed by atoms with E-state index in [9.17, 15) is 14.4 Å². The van der Waals surface area contributed by atoms with Gasteiger partial charge in [0, 0.05) is 13.1 Å². The molecule has 0 aliphatic carbocycles. The van der Waals surface area contributed by atoms with Gasteiger partial charge in [-0.3, -0.25) is 0 Å². The monoisotopic (exact) mass is 286 g/mol. The number of carbonyl (C=O) groups excluding carboxylic acids is 2. The van der Waals surface area contributed by atoms with Gasteiger partial charge in [0.2, 0.25) is 0 Å². The van der Waals surface area contributed by atoms with E-state index in [1.54, 1.807) is 0 Å². The summed E-state index contributed by atoms with van der Waals surface area (Å²) in [6.07, 6.45) is 0.301. The largest absolute Gasteiger partial charge is 0.479 e. The number of hydrogen-bond acceptors (Lipinski definition) is 5. The minimum atomic E-state index is -1.09. The molecule has 2 fully saturated rings. The van der Waals surface area contributed by atoms with Crippen molar-refractivity contribution in [3.05, 3.63) is 0 Å². The lowest BCUT2D eigenvalue weighted by Gasteiger charge is -2.35. The molecule has 1 N–H and O–H groups in total. The molecule has 112 valence electrons. The summed E-state index contributed by atoms with van der Waals surface area (Å²) < 4.78 is 9.77. The van der Waals surface area contributed by atoms with Gasteiger partial charge in [-0.05, 0) is 12.8 Å². The quantitative estimate of drug-likeness (QED) is 0.689. The number of carboxylic acid groups (broad SMARTS) is 1. The molecule has 2 heterocycles. The van der Waals surface area contributed by atoms with Crippen LogP contribution in [-0.2, 0) is 19.1 Å². The lowest BCUT2D eigenvalue weighted by atomic mass is 10.2. The van der Waals surface area contributed by atoms with Crippen LogP contribution in [0.2, 0.25) is 0 Å². The zero-order chi connectivity index (χ0) is 14.7. The van der Waals surface area contributed by atoms with E-state index in [-0.39, 0.29) is 19.2 Å². The Kier molecular flexibility index (Phi) is 4.43. The van der Waals surface area contributed by atoms with E-state index in [0.717, 1.165) is 6.42 Å². The van der Waals surface area contributed by atoms with E-state index in [2.05, 4.69) is 0 Å². The Bertz CT molecular complexity index is 413. The van der Waals surface area contributed by atoms with Crippen LogP contribution in [0, 0.1) is 0 Å². The fourth-order valence-electron chi connectivity index (χ4n) is 2.53. The minimum absolute atomic E-state index is 0.00143. The standard InChI is InChI=1S/C12H18N2O6/c1-19-11(17)8-3-2-4-14(8)12(18)13-5-6-20-9(7-13)10(15)16/h8-9H,2-7H2,1H3,(H,15,16). The molecule has 8 heteroatoms. The molecule has 0 radical (unpaired) electrons. The van der Waals surface area contributed by atoms with E-state index < -0.39 is 24.1 Å². The van der Waals surface area contributed by atoms with Crippen LogP contribution in [0.4, 0.5) is 4.79 Å². The van der Waals surface area contributed by atoms with Gasteiger partial charge in [-0.1, -0.05) is 0 Å². The maximum Gasteiger partial charge on any atom is 0.334 e. The third-order valence-corrected chi connectivity index (χ3v) is 3.58. The number of ether oxygens (including phenoxy) is 2. The first-order chi connectivity index (χ1) is 9.54. The number of rotatable bonds is 2. The summed E-state index contributed by atoms with van der Waals surface area (Å²) in [5.41, 5.74) is 0. The van der Waals surface area contributed by atoms with Crippen LogP contribution in [0.25, 0.3) is 0 Å². The smallest absolute Gasteiger partial charge is 0.334 e. The first-order valence-electron chi connectivity index (χ1n) is 6.52. The Morgan fingerprint density at radius 3 is 2.70 bits per heavy atom. The van der Waals surface area contributed by atoms with E-state index in [1.807, 2.05) is 0 Å². The summed E-state index contributed by atoms with van der Waals surface area (Å²) >= 11 is 0. The Labute approximate surface area is 116 Å². The zero-order valence-corrected chi connectivity index (χ0v) is 11.3. The molecule has 2 aliphatic heterocycles. The van der Waals surface area contributed by atoms with Crippen molar-refractivity contribution in [3.63, 3.8) is 0 Å². The number of aliphatic carboxylic acids is 1. The molecular formula is C12H18N2O6. The average Bonchev–Trinajstić information content (AvgIpc) is 2.95. The average molecular weight is 286 g/mol. The van der Waals surface area contributed by atoms with Gasteiger partial charge in [-0.2, -0.15) is 0 Å². The summed E-state index contributed by atoms with van der Waals surface area (Å²) in [6, 6.07) is -0.897. The van der Waals surface area contributed by atoms with Gasteiger partial charge in [0.15, 0.2) is 6.10 Å². The molecule has 2 atom stereocenters. The van der Waals surface area contributed by atoms with Crippen LogP contribution >= 0.6 is 0 Å². The number of carbonyl (C=O) groups is 3. The van der Waals surface area contributed by atoms with Crippen molar-refractivity contribution in [2.45, 2.75) is 25.0 Å². The molecule has 2 rings (SSSR count). The fourth-order valence-corrected chi connectivity index (χ4v) is 2.53. The molecule has 0 saturated carbocycles. The number of methoxy groups -OCH3 is 1. The van der Waals surface area contributed by atoms with Crippen molar-refractivity contribution in [2.75, 3.05) is 33.4 Å². The van der Waals surface area contributed by atoms with Crippen LogP contribution in [-0.4, -0.2) is 78.4 Å². The van der Waals surface area contributed by atoms with E-state index in [0.29, 0.717) is 19.5 Å².